The van der Waals surface area contributed by atoms with Crippen LogP contribution in [0.1, 0.15) is 55.3 Å². The van der Waals surface area contributed by atoms with Gasteiger partial charge in [-0.05, 0) is 51.7 Å². The Morgan fingerprint density at radius 1 is 1.25 bits per heavy atom. The molecule has 0 saturated heterocycles. The van der Waals surface area contributed by atoms with Crippen molar-refractivity contribution in [2.75, 3.05) is 5.32 Å². The maximum atomic E-state index is 12.4. The molecule has 0 bridgehead atoms. The van der Waals surface area contributed by atoms with Crippen LogP contribution in [0.5, 0.6) is 0 Å². The fourth-order valence-electron chi connectivity index (χ4n) is 2.14. The fourth-order valence-corrected chi connectivity index (χ4v) is 3.11. The van der Waals surface area contributed by atoms with Gasteiger partial charge < -0.3 is 16.0 Å². The Bertz CT molecular complexity index is 637. The van der Waals surface area contributed by atoms with E-state index in [0.29, 0.717) is 9.88 Å². The van der Waals surface area contributed by atoms with Crippen LogP contribution in [0.2, 0.25) is 0 Å². The lowest BCUT2D eigenvalue weighted by Gasteiger charge is -2.17. The van der Waals surface area contributed by atoms with Crippen LogP contribution in [-0.4, -0.2) is 29.8 Å². The number of carbonyl (C=O) groups excluding carboxylic acids is 3. The molecule has 6 nitrogen and oxygen atoms in total. The number of anilines is 1. The number of hydrogen-bond acceptors (Lipinski definition) is 4. The number of aryl methyl sites for hydroxylation is 1. The van der Waals surface area contributed by atoms with Gasteiger partial charge in [0.1, 0.15) is 6.04 Å². The summed E-state index contributed by atoms with van der Waals surface area (Å²) in [5, 5.41) is 9.08. The molecule has 1 heterocycles. The smallest absolute Gasteiger partial charge is 0.262 e. The Kier molecular flexibility index (Phi) is 5.99. The van der Waals surface area contributed by atoms with Crippen molar-refractivity contribution in [3.63, 3.8) is 0 Å². The normalized spacial score (nSPS) is 16.2. The molecule has 2 atom stereocenters. The Morgan fingerprint density at radius 2 is 1.92 bits per heavy atom. The first-order chi connectivity index (χ1) is 11.3. The van der Waals surface area contributed by atoms with E-state index in [9.17, 15) is 14.4 Å². The Hall–Kier alpha value is -1.89. The number of carbonyl (C=O) groups is 3. The summed E-state index contributed by atoms with van der Waals surface area (Å²) >= 11 is 1.24. The van der Waals surface area contributed by atoms with Gasteiger partial charge in [0.2, 0.25) is 11.8 Å². The molecule has 1 saturated carbocycles. The molecule has 7 heteroatoms. The zero-order chi connectivity index (χ0) is 17.9. The molecular formula is C17H25N3O3S. The first-order valence-corrected chi connectivity index (χ1v) is 9.16. The van der Waals surface area contributed by atoms with Crippen LogP contribution in [0.25, 0.3) is 0 Å². The third-order valence-corrected chi connectivity index (χ3v) is 5.21. The molecule has 1 aromatic heterocycles. The van der Waals surface area contributed by atoms with Crippen LogP contribution in [-0.2, 0) is 9.59 Å². The van der Waals surface area contributed by atoms with Crippen LogP contribution in [0.3, 0.4) is 0 Å². The van der Waals surface area contributed by atoms with E-state index in [1.54, 1.807) is 13.0 Å². The zero-order valence-electron chi connectivity index (χ0n) is 14.6. The predicted octanol–water partition coefficient (Wildman–Crippen LogP) is 2.44. The Labute approximate surface area is 146 Å². The minimum absolute atomic E-state index is 0.0181. The van der Waals surface area contributed by atoms with Crippen molar-refractivity contribution in [2.45, 2.75) is 59.0 Å². The van der Waals surface area contributed by atoms with Gasteiger partial charge in [-0.3, -0.25) is 14.4 Å². The van der Waals surface area contributed by atoms with Gasteiger partial charge in [-0.25, -0.2) is 0 Å². The highest BCUT2D eigenvalue weighted by atomic mass is 32.1. The van der Waals surface area contributed by atoms with Crippen molar-refractivity contribution >= 4 is 34.1 Å². The number of rotatable bonds is 7. The van der Waals surface area contributed by atoms with Gasteiger partial charge in [0, 0.05) is 12.0 Å². The van der Waals surface area contributed by atoms with Gasteiger partial charge >= 0.3 is 0 Å². The highest BCUT2D eigenvalue weighted by Crippen LogP contribution is 2.32. The topological polar surface area (TPSA) is 87.3 Å². The first-order valence-electron chi connectivity index (χ1n) is 8.34. The summed E-state index contributed by atoms with van der Waals surface area (Å²) in [5.41, 5.74) is 0.790. The molecule has 1 fully saturated rings. The maximum Gasteiger partial charge on any atom is 0.262 e. The monoisotopic (exact) mass is 351 g/mol. The van der Waals surface area contributed by atoms with Crippen molar-refractivity contribution in [3.8, 4) is 0 Å². The van der Waals surface area contributed by atoms with Crippen molar-refractivity contribution in [2.24, 2.45) is 5.92 Å². The third kappa shape index (κ3) is 4.80. The lowest BCUT2D eigenvalue weighted by Crippen LogP contribution is -2.47. The fraction of sp³-hybridized carbons (Fsp3) is 0.588. The maximum absolute atomic E-state index is 12.4. The van der Waals surface area contributed by atoms with Crippen molar-refractivity contribution < 1.29 is 14.4 Å². The summed E-state index contributed by atoms with van der Waals surface area (Å²) in [5.74, 6) is -0.358. The second kappa shape index (κ2) is 7.79. The second-order valence-corrected chi connectivity index (χ2v) is 7.45. The Morgan fingerprint density at radius 3 is 2.50 bits per heavy atom. The minimum Gasteiger partial charge on any atom is -0.352 e. The predicted molar refractivity (Wildman–Crippen MR) is 95.2 cm³/mol. The van der Waals surface area contributed by atoms with E-state index < -0.39 is 6.04 Å². The first kappa shape index (κ1) is 18.4. The molecule has 0 aromatic carbocycles. The van der Waals surface area contributed by atoms with E-state index in [0.717, 1.165) is 24.8 Å². The molecule has 0 spiro atoms. The Balaban J connectivity index is 1.95. The van der Waals surface area contributed by atoms with Gasteiger partial charge in [-0.2, -0.15) is 0 Å². The molecule has 3 N–H and O–H groups in total. The van der Waals surface area contributed by atoms with Gasteiger partial charge in [0.25, 0.3) is 5.91 Å². The highest BCUT2D eigenvalue weighted by molar-refractivity contribution is 7.18. The van der Waals surface area contributed by atoms with Crippen molar-refractivity contribution in [1.82, 2.24) is 10.6 Å². The summed E-state index contributed by atoms with van der Waals surface area (Å²) in [6.07, 6.45) is 2.71. The SMILES string of the molecule is CCC(C)NC(=O)C(C)NC(=O)c1sc(NC(=O)C2CC2)cc1C. The summed E-state index contributed by atoms with van der Waals surface area (Å²) in [6.45, 7) is 7.39. The molecule has 1 aliphatic carbocycles. The van der Waals surface area contributed by atoms with E-state index in [2.05, 4.69) is 16.0 Å². The van der Waals surface area contributed by atoms with Crippen LogP contribution >= 0.6 is 11.3 Å². The van der Waals surface area contributed by atoms with E-state index in [1.807, 2.05) is 20.8 Å². The van der Waals surface area contributed by atoms with Gasteiger partial charge in [-0.15, -0.1) is 11.3 Å². The lowest BCUT2D eigenvalue weighted by molar-refractivity contribution is -0.123. The number of thiophene rings is 1. The largest absolute Gasteiger partial charge is 0.352 e. The van der Waals surface area contributed by atoms with Gasteiger partial charge in [0.05, 0.1) is 9.88 Å². The summed E-state index contributed by atoms with van der Waals surface area (Å²) in [7, 11) is 0. The molecule has 24 heavy (non-hydrogen) atoms. The van der Waals surface area contributed by atoms with E-state index in [-0.39, 0.29) is 29.7 Å². The average Bonchev–Trinajstić information content (AvgIpc) is 3.31. The molecule has 0 aliphatic heterocycles. The summed E-state index contributed by atoms with van der Waals surface area (Å²) in [6, 6.07) is 1.26. The summed E-state index contributed by atoms with van der Waals surface area (Å²) in [4.78, 5) is 36.7. The van der Waals surface area contributed by atoms with Gasteiger partial charge in [0.15, 0.2) is 0 Å². The number of hydrogen-bond donors (Lipinski definition) is 3. The molecule has 1 aliphatic rings. The second-order valence-electron chi connectivity index (χ2n) is 6.40. The highest BCUT2D eigenvalue weighted by Gasteiger charge is 2.30. The van der Waals surface area contributed by atoms with Crippen LogP contribution in [0, 0.1) is 12.8 Å². The minimum atomic E-state index is -0.613. The van der Waals surface area contributed by atoms with E-state index >= 15 is 0 Å². The van der Waals surface area contributed by atoms with E-state index in [1.165, 1.54) is 11.3 Å². The van der Waals surface area contributed by atoms with E-state index in [4.69, 9.17) is 0 Å². The standard InChI is InChI=1S/C17H25N3O3S/c1-5-10(3)18-15(21)11(4)19-17(23)14-9(2)8-13(24-14)20-16(22)12-6-7-12/h8,10-12H,5-7H2,1-4H3,(H,18,21)(H,19,23)(H,20,22). The zero-order valence-corrected chi connectivity index (χ0v) is 15.4. The molecule has 132 valence electrons. The van der Waals surface area contributed by atoms with Crippen LogP contribution in [0.15, 0.2) is 6.07 Å². The molecular weight excluding hydrogens is 326 g/mol. The lowest BCUT2D eigenvalue weighted by atomic mass is 10.2. The summed E-state index contributed by atoms with van der Waals surface area (Å²) < 4.78 is 0. The average molecular weight is 351 g/mol. The number of nitrogens with one attached hydrogen (secondary N) is 3. The third-order valence-electron chi connectivity index (χ3n) is 4.06. The molecule has 2 rings (SSSR count). The molecule has 0 radical (unpaired) electrons. The van der Waals surface area contributed by atoms with Crippen LogP contribution < -0.4 is 16.0 Å². The quantitative estimate of drug-likeness (QED) is 0.705. The number of amides is 3. The molecule has 1 aromatic rings. The van der Waals surface area contributed by atoms with Crippen molar-refractivity contribution in [3.05, 3.63) is 16.5 Å². The van der Waals surface area contributed by atoms with Crippen molar-refractivity contribution in [1.29, 1.82) is 0 Å². The molecule has 2 unspecified atom stereocenters. The molecule has 3 amide bonds. The van der Waals surface area contributed by atoms with Crippen LogP contribution in [0.4, 0.5) is 5.00 Å². The van der Waals surface area contributed by atoms with Gasteiger partial charge in [-0.1, -0.05) is 6.92 Å².